The maximum Gasteiger partial charge on any atom is 0.264 e. The minimum atomic E-state index is -4.09. The van der Waals surface area contributed by atoms with Gasteiger partial charge in [-0.05, 0) is 62.2 Å². The summed E-state index contributed by atoms with van der Waals surface area (Å²) in [6.45, 7) is 5.73. The molecule has 0 fully saturated rings. The second kappa shape index (κ2) is 11.4. The Bertz CT molecular complexity index is 1210. The van der Waals surface area contributed by atoms with Gasteiger partial charge in [-0.15, -0.1) is 0 Å². The van der Waals surface area contributed by atoms with E-state index in [-0.39, 0.29) is 16.6 Å². The molecule has 1 amide bonds. The predicted molar refractivity (Wildman–Crippen MR) is 136 cm³/mol. The molecule has 0 saturated heterocycles. The fraction of sp³-hybridized carbons (Fsp3) is 0.269. The number of halogens is 1. The van der Waals surface area contributed by atoms with Crippen LogP contribution in [-0.2, 0) is 14.8 Å². The fourth-order valence-corrected chi connectivity index (χ4v) is 5.12. The molecule has 0 aliphatic carbocycles. The van der Waals surface area contributed by atoms with Crippen LogP contribution in [0.1, 0.15) is 37.4 Å². The lowest BCUT2D eigenvalue weighted by atomic mass is 10.0. The molecule has 3 aromatic rings. The van der Waals surface area contributed by atoms with Gasteiger partial charge in [0, 0.05) is 5.02 Å². The minimum Gasteiger partial charge on any atom is -0.492 e. The van der Waals surface area contributed by atoms with Crippen LogP contribution in [0.5, 0.6) is 5.75 Å². The lowest BCUT2D eigenvalue weighted by Crippen LogP contribution is -2.42. The molecule has 180 valence electrons. The van der Waals surface area contributed by atoms with Crippen LogP contribution >= 0.6 is 11.6 Å². The Labute approximate surface area is 206 Å². The molecule has 0 spiro atoms. The molecule has 0 aliphatic heterocycles. The largest absolute Gasteiger partial charge is 0.492 e. The number of carbonyl (C=O) groups excluding carboxylic acids is 1. The number of ether oxygens (including phenoxy) is 1. The van der Waals surface area contributed by atoms with Gasteiger partial charge in [-0.3, -0.25) is 9.10 Å². The first-order valence-corrected chi connectivity index (χ1v) is 12.9. The van der Waals surface area contributed by atoms with E-state index in [1.54, 1.807) is 24.3 Å². The van der Waals surface area contributed by atoms with Crippen molar-refractivity contribution >= 4 is 33.2 Å². The van der Waals surface area contributed by atoms with Crippen molar-refractivity contribution in [2.24, 2.45) is 0 Å². The molecule has 34 heavy (non-hydrogen) atoms. The van der Waals surface area contributed by atoms with Gasteiger partial charge in [0.25, 0.3) is 10.0 Å². The Morgan fingerprint density at radius 1 is 1.00 bits per heavy atom. The SMILES string of the molecule is CCOc1ccccc1N(CC(=O)N[C@H](CC)c1ccc(C)cc1)S(=O)(=O)c1ccc(Cl)cc1. The third kappa shape index (κ3) is 6.10. The van der Waals surface area contributed by atoms with Crippen molar-refractivity contribution in [3.05, 3.63) is 88.9 Å². The first-order chi connectivity index (χ1) is 16.3. The molecule has 0 bridgehead atoms. The summed E-state index contributed by atoms with van der Waals surface area (Å²) in [6, 6.07) is 20.3. The Morgan fingerprint density at radius 2 is 1.65 bits per heavy atom. The molecule has 8 heteroatoms. The zero-order valence-corrected chi connectivity index (χ0v) is 21.1. The van der Waals surface area contributed by atoms with Crippen molar-refractivity contribution in [3.63, 3.8) is 0 Å². The van der Waals surface area contributed by atoms with Crippen LogP contribution in [0.15, 0.2) is 77.7 Å². The summed E-state index contributed by atoms with van der Waals surface area (Å²) in [6.07, 6.45) is 0.661. The highest BCUT2D eigenvalue weighted by molar-refractivity contribution is 7.92. The van der Waals surface area contributed by atoms with Gasteiger partial charge in [0.15, 0.2) is 0 Å². The summed E-state index contributed by atoms with van der Waals surface area (Å²) in [7, 11) is -4.09. The third-order valence-corrected chi connectivity index (χ3v) is 7.37. The van der Waals surface area contributed by atoms with Gasteiger partial charge in [0.1, 0.15) is 12.3 Å². The number of rotatable bonds is 10. The number of carbonyl (C=O) groups is 1. The van der Waals surface area contributed by atoms with E-state index in [9.17, 15) is 13.2 Å². The molecule has 1 atom stereocenters. The third-order valence-electron chi connectivity index (χ3n) is 5.35. The minimum absolute atomic E-state index is 0.0292. The van der Waals surface area contributed by atoms with Crippen molar-refractivity contribution in [2.75, 3.05) is 17.5 Å². The predicted octanol–water partition coefficient (Wildman–Crippen LogP) is 5.51. The number of benzene rings is 3. The van der Waals surface area contributed by atoms with Crippen molar-refractivity contribution in [1.29, 1.82) is 0 Å². The van der Waals surface area contributed by atoms with E-state index < -0.39 is 22.5 Å². The summed E-state index contributed by atoms with van der Waals surface area (Å²) in [5.74, 6) is -0.0443. The van der Waals surface area contributed by atoms with E-state index in [2.05, 4.69) is 5.32 Å². The van der Waals surface area contributed by atoms with Gasteiger partial charge in [0.05, 0.1) is 23.2 Å². The molecular weight excluding hydrogens is 472 g/mol. The van der Waals surface area contributed by atoms with Crippen molar-refractivity contribution in [1.82, 2.24) is 5.32 Å². The average Bonchev–Trinajstić information content (AvgIpc) is 2.82. The smallest absolute Gasteiger partial charge is 0.264 e. The number of aryl methyl sites for hydroxylation is 1. The maximum absolute atomic E-state index is 13.6. The number of hydrogen-bond acceptors (Lipinski definition) is 4. The lowest BCUT2D eigenvalue weighted by Gasteiger charge is -2.27. The average molecular weight is 501 g/mol. The van der Waals surface area contributed by atoms with Crippen LogP contribution in [0.25, 0.3) is 0 Å². The number of hydrogen-bond donors (Lipinski definition) is 1. The van der Waals surface area contributed by atoms with Gasteiger partial charge in [0.2, 0.25) is 5.91 Å². The molecule has 3 aromatic carbocycles. The van der Waals surface area contributed by atoms with Gasteiger partial charge >= 0.3 is 0 Å². The highest BCUT2D eigenvalue weighted by Crippen LogP contribution is 2.33. The molecule has 0 aliphatic rings. The number of anilines is 1. The lowest BCUT2D eigenvalue weighted by molar-refractivity contribution is -0.120. The van der Waals surface area contributed by atoms with Crippen LogP contribution < -0.4 is 14.4 Å². The van der Waals surface area contributed by atoms with Gasteiger partial charge in [-0.2, -0.15) is 0 Å². The standard InChI is InChI=1S/C26H29ClN2O4S/c1-4-23(20-12-10-19(3)11-13-20)28-26(30)18-29(24-8-6-7-9-25(24)33-5-2)34(31,32)22-16-14-21(27)15-17-22/h6-17,23H,4-5,18H2,1-3H3,(H,28,30)/t23-/m1/s1. The molecule has 0 heterocycles. The Balaban J connectivity index is 1.96. The number of nitrogens with one attached hydrogen (secondary N) is 1. The van der Waals surface area contributed by atoms with E-state index in [1.165, 1.54) is 24.3 Å². The molecule has 1 N–H and O–H groups in total. The summed E-state index contributed by atoms with van der Waals surface area (Å²) < 4.78 is 34.0. The zero-order valence-electron chi connectivity index (χ0n) is 19.5. The normalized spacial score (nSPS) is 12.1. The fourth-order valence-electron chi connectivity index (χ4n) is 3.56. The maximum atomic E-state index is 13.6. The van der Waals surface area contributed by atoms with Crippen molar-refractivity contribution in [3.8, 4) is 5.75 Å². The molecule has 6 nitrogen and oxygen atoms in total. The molecular formula is C26H29ClN2O4S. The first kappa shape index (κ1) is 25.6. The van der Waals surface area contributed by atoms with Crippen LogP contribution in [0.3, 0.4) is 0 Å². The van der Waals surface area contributed by atoms with Gasteiger partial charge in [-0.25, -0.2) is 8.42 Å². The molecule has 3 rings (SSSR count). The van der Waals surface area contributed by atoms with E-state index in [1.807, 2.05) is 45.0 Å². The summed E-state index contributed by atoms with van der Waals surface area (Å²) in [4.78, 5) is 13.2. The number of nitrogens with zero attached hydrogens (tertiary/aromatic N) is 1. The molecule has 0 radical (unpaired) electrons. The number of amides is 1. The van der Waals surface area contributed by atoms with E-state index in [4.69, 9.17) is 16.3 Å². The molecule has 0 unspecified atom stereocenters. The Morgan fingerprint density at radius 3 is 2.26 bits per heavy atom. The Hall–Kier alpha value is -3.03. The molecule has 0 aromatic heterocycles. The topological polar surface area (TPSA) is 75.7 Å². The summed E-state index contributed by atoms with van der Waals surface area (Å²) in [5, 5.41) is 3.40. The summed E-state index contributed by atoms with van der Waals surface area (Å²) >= 11 is 5.96. The monoisotopic (exact) mass is 500 g/mol. The summed E-state index contributed by atoms with van der Waals surface area (Å²) in [5.41, 5.74) is 2.37. The molecule has 0 saturated carbocycles. The zero-order chi connectivity index (χ0) is 24.7. The van der Waals surface area contributed by atoms with E-state index in [0.29, 0.717) is 23.8 Å². The number of sulfonamides is 1. The van der Waals surface area contributed by atoms with Crippen LogP contribution in [0.2, 0.25) is 5.02 Å². The second-order valence-corrected chi connectivity index (χ2v) is 10.1. The van der Waals surface area contributed by atoms with E-state index >= 15 is 0 Å². The van der Waals surface area contributed by atoms with Gasteiger partial charge < -0.3 is 10.1 Å². The van der Waals surface area contributed by atoms with Gasteiger partial charge in [-0.1, -0.05) is 60.5 Å². The second-order valence-electron chi connectivity index (χ2n) is 7.81. The van der Waals surface area contributed by atoms with Crippen molar-refractivity contribution < 1.29 is 17.9 Å². The quantitative estimate of drug-likeness (QED) is 0.398. The highest BCUT2D eigenvalue weighted by atomic mass is 35.5. The number of para-hydroxylation sites is 2. The Kier molecular flexibility index (Phi) is 8.58. The van der Waals surface area contributed by atoms with Crippen molar-refractivity contribution in [2.45, 2.75) is 38.1 Å². The first-order valence-electron chi connectivity index (χ1n) is 11.1. The van der Waals surface area contributed by atoms with E-state index in [0.717, 1.165) is 15.4 Å². The van der Waals surface area contributed by atoms with Crippen LogP contribution in [0.4, 0.5) is 5.69 Å². The highest BCUT2D eigenvalue weighted by Gasteiger charge is 2.30. The van der Waals surface area contributed by atoms with Crippen LogP contribution in [-0.4, -0.2) is 27.5 Å². The van der Waals surface area contributed by atoms with Crippen LogP contribution in [0, 0.1) is 6.92 Å².